The molecule has 0 aromatic carbocycles. The average Bonchev–Trinajstić information content (AvgIpc) is 2.31. The summed E-state index contributed by atoms with van der Waals surface area (Å²) in [5.74, 6) is 0. The third-order valence-electron chi connectivity index (χ3n) is 2.72. The van der Waals surface area contributed by atoms with Gasteiger partial charge in [0.1, 0.15) is 0 Å². The number of rotatable bonds is 7. The minimum absolute atomic E-state index is 0.208. The average molecular weight is 237 g/mol. The van der Waals surface area contributed by atoms with E-state index in [0.717, 1.165) is 18.7 Å². The number of nitrogens with zero attached hydrogens (tertiary/aromatic N) is 2. The number of ether oxygens (including phenoxy) is 1. The van der Waals surface area contributed by atoms with Crippen LogP contribution in [0.2, 0.25) is 0 Å². The van der Waals surface area contributed by atoms with E-state index in [1.165, 1.54) is 0 Å². The fourth-order valence-electron chi connectivity index (χ4n) is 1.73. The van der Waals surface area contributed by atoms with Gasteiger partial charge in [-0.25, -0.2) is 0 Å². The Bertz CT molecular complexity index is 303. The van der Waals surface area contributed by atoms with Crippen LogP contribution in [0.15, 0.2) is 24.5 Å². The van der Waals surface area contributed by atoms with Crippen molar-refractivity contribution >= 4 is 0 Å². The molecule has 0 aliphatic heterocycles. The highest BCUT2D eigenvalue weighted by Crippen LogP contribution is 2.16. The molecule has 1 atom stereocenters. The predicted molar refractivity (Wildman–Crippen MR) is 69.8 cm³/mol. The molecule has 1 heterocycles. The highest BCUT2D eigenvalue weighted by molar-refractivity contribution is 5.14. The molecule has 0 aliphatic rings. The Morgan fingerprint density at radius 3 is 2.76 bits per heavy atom. The van der Waals surface area contributed by atoms with Crippen LogP contribution in [0.3, 0.4) is 0 Å². The second kappa shape index (κ2) is 7.37. The number of likely N-dealkylation sites (N-methyl/N-ethyl adjacent to an activating group) is 1. The van der Waals surface area contributed by atoms with Gasteiger partial charge in [0.15, 0.2) is 0 Å². The standard InChI is InChI=1S/C13H23N3O/c1-11(2)17-8-7-16(3)13(9-14)12-5-4-6-15-10-12/h4-6,10-11,13H,7-9,14H2,1-3H3. The molecule has 17 heavy (non-hydrogen) atoms. The maximum atomic E-state index is 5.83. The van der Waals surface area contributed by atoms with E-state index in [0.29, 0.717) is 6.54 Å². The van der Waals surface area contributed by atoms with E-state index in [2.05, 4.69) is 23.0 Å². The maximum absolute atomic E-state index is 5.83. The zero-order chi connectivity index (χ0) is 12.7. The van der Waals surface area contributed by atoms with Gasteiger partial charge in [0.25, 0.3) is 0 Å². The van der Waals surface area contributed by atoms with Gasteiger partial charge in [-0.05, 0) is 32.5 Å². The molecular formula is C13H23N3O. The van der Waals surface area contributed by atoms with Gasteiger partial charge >= 0.3 is 0 Å². The van der Waals surface area contributed by atoms with Crippen molar-refractivity contribution in [3.8, 4) is 0 Å². The van der Waals surface area contributed by atoms with Gasteiger partial charge in [-0.2, -0.15) is 0 Å². The summed E-state index contributed by atoms with van der Waals surface area (Å²) in [6.45, 7) is 6.27. The largest absolute Gasteiger partial charge is 0.377 e. The number of nitrogens with two attached hydrogens (primary N) is 1. The van der Waals surface area contributed by atoms with Crippen LogP contribution >= 0.6 is 0 Å². The molecule has 0 bridgehead atoms. The van der Waals surface area contributed by atoms with Gasteiger partial charge in [0.05, 0.1) is 12.7 Å². The molecule has 1 unspecified atom stereocenters. The van der Waals surface area contributed by atoms with E-state index in [1.54, 1.807) is 6.20 Å². The molecule has 0 radical (unpaired) electrons. The predicted octanol–water partition coefficient (Wildman–Crippen LogP) is 1.44. The Morgan fingerprint density at radius 2 is 2.24 bits per heavy atom. The zero-order valence-electron chi connectivity index (χ0n) is 11.0. The Morgan fingerprint density at radius 1 is 1.47 bits per heavy atom. The molecule has 2 N–H and O–H groups in total. The number of hydrogen-bond acceptors (Lipinski definition) is 4. The second-order valence-electron chi connectivity index (χ2n) is 4.44. The van der Waals surface area contributed by atoms with Crippen molar-refractivity contribution < 1.29 is 4.74 Å². The Kier molecular flexibility index (Phi) is 6.11. The van der Waals surface area contributed by atoms with Gasteiger partial charge in [0.2, 0.25) is 0 Å². The molecule has 0 saturated heterocycles. The van der Waals surface area contributed by atoms with Crippen LogP contribution in [-0.2, 0) is 4.74 Å². The molecule has 0 amide bonds. The highest BCUT2D eigenvalue weighted by atomic mass is 16.5. The van der Waals surface area contributed by atoms with Crippen LogP contribution in [0.1, 0.15) is 25.5 Å². The Hall–Kier alpha value is -0.970. The third-order valence-corrected chi connectivity index (χ3v) is 2.72. The molecule has 1 aromatic rings. The molecule has 0 saturated carbocycles. The van der Waals surface area contributed by atoms with Crippen LogP contribution in [0.25, 0.3) is 0 Å². The summed E-state index contributed by atoms with van der Waals surface area (Å²) in [4.78, 5) is 6.34. The second-order valence-corrected chi connectivity index (χ2v) is 4.44. The van der Waals surface area contributed by atoms with Gasteiger partial charge < -0.3 is 10.5 Å². The first kappa shape index (κ1) is 14.1. The van der Waals surface area contributed by atoms with Crippen molar-refractivity contribution in [2.75, 3.05) is 26.7 Å². The Labute approximate surface area is 104 Å². The lowest BCUT2D eigenvalue weighted by Crippen LogP contribution is -2.33. The maximum Gasteiger partial charge on any atom is 0.0597 e. The van der Waals surface area contributed by atoms with Crippen LogP contribution in [0, 0.1) is 0 Å². The molecule has 0 fully saturated rings. The van der Waals surface area contributed by atoms with Crippen molar-refractivity contribution in [1.29, 1.82) is 0 Å². The van der Waals surface area contributed by atoms with Crippen LogP contribution in [-0.4, -0.2) is 42.7 Å². The fraction of sp³-hybridized carbons (Fsp3) is 0.615. The van der Waals surface area contributed by atoms with Gasteiger partial charge in [-0.1, -0.05) is 6.07 Å². The summed E-state index contributed by atoms with van der Waals surface area (Å²) < 4.78 is 5.54. The molecule has 0 aliphatic carbocycles. The van der Waals surface area contributed by atoms with E-state index in [4.69, 9.17) is 10.5 Å². The minimum Gasteiger partial charge on any atom is -0.377 e. The summed E-state index contributed by atoms with van der Waals surface area (Å²) in [6, 6.07) is 4.21. The summed E-state index contributed by atoms with van der Waals surface area (Å²) in [7, 11) is 2.06. The first-order chi connectivity index (χ1) is 8.15. The normalized spacial score (nSPS) is 13.3. The lowest BCUT2D eigenvalue weighted by atomic mass is 10.1. The molecular weight excluding hydrogens is 214 g/mol. The molecule has 1 aromatic heterocycles. The van der Waals surface area contributed by atoms with Crippen molar-refractivity contribution in [3.05, 3.63) is 30.1 Å². The van der Waals surface area contributed by atoms with E-state index in [-0.39, 0.29) is 12.1 Å². The fourth-order valence-corrected chi connectivity index (χ4v) is 1.73. The highest BCUT2D eigenvalue weighted by Gasteiger charge is 2.15. The topological polar surface area (TPSA) is 51.4 Å². The molecule has 1 rings (SSSR count). The van der Waals surface area contributed by atoms with Gasteiger partial charge in [0, 0.05) is 31.5 Å². The summed E-state index contributed by atoms with van der Waals surface area (Å²) in [5, 5.41) is 0. The number of hydrogen-bond donors (Lipinski definition) is 1. The van der Waals surface area contributed by atoms with Crippen LogP contribution in [0.4, 0.5) is 0 Å². The summed E-state index contributed by atoms with van der Waals surface area (Å²) in [6.07, 6.45) is 3.93. The van der Waals surface area contributed by atoms with E-state index in [1.807, 2.05) is 26.1 Å². The first-order valence-electron chi connectivity index (χ1n) is 6.07. The lowest BCUT2D eigenvalue weighted by molar-refractivity contribution is 0.0564. The van der Waals surface area contributed by atoms with E-state index < -0.39 is 0 Å². The van der Waals surface area contributed by atoms with Gasteiger partial charge in [-0.15, -0.1) is 0 Å². The van der Waals surface area contributed by atoms with Crippen LogP contribution < -0.4 is 5.73 Å². The van der Waals surface area contributed by atoms with Crippen molar-refractivity contribution in [1.82, 2.24) is 9.88 Å². The number of aromatic nitrogens is 1. The first-order valence-corrected chi connectivity index (χ1v) is 6.07. The minimum atomic E-state index is 0.208. The number of pyridine rings is 1. The quantitative estimate of drug-likeness (QED) is 0.779. The molecule has 4 nitrogen and oxygen atoms in total. The zero-order valence-corrected chi connectivity index (χ0v) is 11.0. The van der Waals surface area contributed by atoms with Crippen molar-refractivity contribution in [2.45, 2.75) is 26.0 Å². The van der Waals surface area contributed by atoms with Gasteiger partial charge in [-0.3, -0.25) is 9.88 Å². The smallest absolute Gasteiger partial charge is 0.0597 e. The Balaban J connectivity index is 2.50. The van der Waals surface area contributed by atoms with Crippen molar-refractivity contribution in [3.63, 3.8) is 0 Å². The monoisotopic (exact) mass is 237 g/mol. The third kappa shape index (κ3) is 4.81. The van der Waals surface area contributed by atoms with E-state index in [9.17, 15) is 0 Å². The lowest BCUT2D eigenvalue weighted by Gasteiger charge is -2.27. The molecule has 0 spiro atoms. The van der Waals surface area contributed by atoms with E-state index >= 15 is 0 Å². The molecule has 96 valence electrons. The van der Waals surface area contributed by atoms with Crippen LogP contribution in [0.5, 0.6) is 0 Å². The summed E-state index contributed by atoms with van der Waals surface area (Å²) >= 11 is 0. The SMILES string of the molecule is CC(C)OCCN(C)C(CN)c1cccnc1. The summed E-state index contributed by atoms with van der Waals surface area (Å²) in [5.41, 5.74) is 6.98. The van der Waals surface area contributed by atoms with Crippen molar-refractivity contribution in [2.24, 2.45) is 5.73 Å². The molecule has 4 heteroatoms.